The Hall–Kier alpha value is -2.60. The molecule has 6 heteroatoms. The van der Waals surface area contributed by atoms with Crippen molar-refractivity contribution < 1.29 is 13.9 Å². The van der Waals surface area contributed by atoms with Crippen LogP contribution in [-0.4, -0.2) is 45.2 Å². The quantitative estimate of drug-likeness (QED) is 0.581. The summed E-state index contributed by atoms with van der Waals surface area (Å²) >= 11 is 0. The van der Waals surface area contributed by atoms with Gasteiger partial charge in [0.2, 0.25) is 0 Å². The zero-order valence-corrected chi connectivity index (χ0v) is 15.5. The smallest absolute Gasteiger partial charge is 0.193 e. The summed E-state index contributed by atoms with van der Waals surface area (Å²) in [5.74, 6) is 1.34. The van der Waals surface area contributed by atoms with Crippen LogP contribution in [0.1, 0.15) is 11.1 Å². The van der Waals surface area contributed by atoms with E-state index in [1.807, 2.05) is 42.3 Å². The Morgan fingerprint density at radius 3 is 2.65 bits per heavy atom. The zero-order chi connectivity index (χ0) is 18.8. The molecule has 0 saturated carbocycles. The zero-order valence-electron chi connectivity index (χ0n) is 15.5. The Balaban J connectivity index is 1.83. The molecule has 2 rings (SSSR count). The van der Waals surface area contributed by atoms with Gasteiger partial charge in [-0.15, -0.1) is 0 Å². The van der Waals surface area contributed by atoms with Crippen molar-refractivity contribution >= 4 is 5.96 Å². The van der Waals surface area contributed by atoms with E-state index in [-0.39, 0.29) is 12.4 Å². The Kier molecular flexibility index (Phi) is 7.89. The van der Waals surface area contributed by atoms with Crippen LogP contribution in [0, 0.1) is 5.82 Å². The number of nitrogens with one attached hydrogen (secondary N) is 1. The third-order valence-corrected chi connectivity index (χ3v) is 3.87. The molecule has 0 atom stereocenters. The fourth-order valence-electron chi connectivity index (χ4n) is 2.49. The molecule has 0 heterocycles. The molecule has 2 aromatic carbocycles. The minimum atomic E-state index is -0.254. The molecular formula is C20H26FN3O2. The number of nitrogens with zero attached hydrogens (tertiary/aromatic N) is 2. The topological polar surface area (TPSA) is 46.1 Å². The van der Waals surface area contributed by atoms with E-state index in [2.05, 4.69) is 10.3 Å². The van der Waals surface area contributed by atoms with Crippen LogP contribution in [0.2, 0.25) is 0 Å². The standard InChI is InChI=1S/C20H26FN3O2/c1-22-20(24(2)11-12-26-18-7-5-4-6-8-18)23-14-16-9-10-19(21)17(13-16)15-25-3/h4-10,13H,11-12,14-15H2,1-3H3,(H,22,23). The molecule has 0 fully saturated rings. The first-order chi connectivity index (χ1) is 12.6. The molecule has 0 spiro atoms. The molecule has 1 N–H and O–H groups in total. The number of halogens is 1. The van der Waals surface area contributed by atoms with E-state index < -0.39 is 0 Å². The van der Waals surface area contributed by atoms with Gasteiger partial charge in [0.1, 0.15) is 18.2 Å². The van der Waals surface area contributed by atoms with E-state index in [9.17, 15) is 4.39 Å². The summed E-state index contributed by atoms with van der Waals surface area (Å²) in [5, 5.41) is 3.28. The second-order valence-corrected chi connectivity index (χ2v) is 5.84. The highest BCUT2D eigenvalue weighted by atomic mass is 19.1. The van der Waals surface area contributed by atoms with Crippen molar-refractivity contribution in [3.8, 4) is 5.75 Å². The number of likely N-dealkylation sites (N-methyl/N-ethyl adjacent to an activating group) is 1. The Labute approximate surface area is 154 Å². The summed E-state index contributed by atoms with van der Waals surface area (Å²) in [5.41, 5.74) is 1.51. The van der Waals surface area contributed by atoms with Crippen molar-refractivity contribution in [2.45, 2.75) is 13.2 Å². The van der Waals surface area contributed by atoms with Crippen molar-refractivity contribution in [3.63, 3.8) is 0 Å². The molecule has 26 heavy (non-hydrogen) atoms. The third kappa shape index (κ3) is 6.04. The normalized spacial score (nSPS) is 11.3. The molecule has 0 radical (unpaired) electrons. The first kappa shape index (κ1) is 19.7. The van der Waals surface area contributed by atoms with Crippen molar-refractivity contribution in [3.05, 3.63) is 65.5 Å². The molecule has 0 aliphatic rings. The molecule has 140 valence electrons. The van der Waals surface area contributed by atoms with Gasteiger partial charge in [0.25, 0.3) is 0 Å². The van der Waals surface area contributed by atoms with Gasteiger partial charge in [0, 0.05) is 33.3 Å². The second kappa shape index (κ2) is 10.4. The number of ether oxygens (including phenoxy) is 2. The van der Waals surface area contributed by atoms with Crippen molar-refractivity contribution in [2.24, 2.45) is 4.99 Å². The van der Waals surface area contributed by atoms with Crippen LogP contribution < -0.4 is 10.1 Å². The predicted molar refractivity (Wildman–Crippen MR) is 102 cm³/mol. The average Bonchev–Trinajstić information content (AvgIpc) is 2.66. The lowest BCUT2D eigenvalue weighted by Gasteiger charge is -2.22. The van der Waals surface area contributed by atoms with E-state index in [1.54, 1.807) is 26.3 Å². The highest BCUT2D eigenvalue weighted by Crippen LogP contribution is 2.12. The molecular weight excluding hydrogens is 333 g/mol. The number of methoxy groups -OCH3 is 1. The van der Waals surface area contributed by atoms with Gasteiger partial charge in [0.15, 0.2) is 5.96 Å². The lowest BCUT2D eigenvalue weighted by atomic mass is 10.1. The fraction of sp³-hybridized carbons (Fsp3) is 0.350. The van der Waals surface area contributed by atoms with Crippen molar-refractivity contribution in [1.29, 1.82) is 0 Å². The van der Waals surface area contributed by atoms with Crippen LogP contribution in [0.15, 0.2) is 53.5 Å². The number of hydrogen-bond acceptors (Lipinski definition) is 3. The Morgan fingerprint density at radius 1 is 1.19 bits per heavy atom. The fourth-order valence-corrected chi connectivity index (χ4v) is 2.49. The number of aliphatic imine (C=N–C) groups is 1. The lowest BCUT2D eigenvalue weighted by Crippen LogP contribution is -2.40. The highest BCUT2D eigenvalue weighted by molar-refractivity contribution is 5.79. The molecule has 0 bridgehead atoms. The van der Waals surface area contributed by atoms with E-state index >= 15 is 0 Å². The second-order valence-electron chi connectivity index (χ2n) is 5.84. The minimum absolute atomic E-state index is 0.254. The number of benzene rings is 2. The molecule has 0 saturated heterocycles. The predicted octanol–water partition coefficient (Wildman–Crippen LogP) is 3.06. The number of para-hydroxylation sites is 1. The maximum Gasteiger partial charge on any atom is 0.193 e. The summed E-state index contributed by atoms with van der Waals surface area (Å²) in [6.07, 6.45) is 0. The first-order valence-corrected chi connectivity index (χ1v) is 8.50. The van der Waals surface area contributed by atoms with Crippen molar-refractivity contribution in [1.82, 2.24) is 10.2 Å². The summed E-state index contributed by atoms with van der Waals surface area (Å²) in [6, 6.07) is 14.7. The molecule has 0 aliphatic carbocycles. The van der Waals surface area contributed by atoms with Gasteiger partial charge in [-0.2, -0.15) is 0 Å². The summed E-state index contributed by atoms with van der Waals surface area (Å²) < 4.78 is 24.4. The maximum absolute atomic E-state index is 13.7. The van der Waals surface area contributed by atoms with Gasteiger partial charge in [-0.1, -0.05) is 24.3 Å². The van der Waals surface area contributed by atoms with Gasteiger partial charge in [0.05, 0.1) is 13.2 Å². The highest BCUT2D eigenvalue weighted by Gasteiger charge is 2.08. The minimum Gasteiger partial charge on any atom is -0.492 e. The maximum atomic E-state index is 13.7. The third-order valence-electron chi connectivity index (χ3n) is 3.87. The Bertz CT molecular complexity index is 707. The van der Waals surface area contributed by atoms with E-state index in [0.717, 1.165) is 17.3 Å². The van der Waals surface area contributed by atoms with Gasteiger partial charge >= 0.3 is 0 Å². The van der Waals surface area contributed by atoms with Gasteiger partial charge in [-0.25, -0.2) is 4.39 Å². The van der Waals surface area contributed by atoms with Crippen LogP contribution in [-0.2, 0) is 17.9 Å². The van der Waals surface area contributed by atoms with Gasteiger partial charge < -0.3 is 19.7 Å². The van der Waals surface area contributed by atoms with Gasteiger partial charge in [-0.3, -0.25) is 4.99 Å². The van der Waals surface area contributed by atoms with Crippen molar-refractivity contribution in [2.75, 3.05) is 34.4 Å². The number of rotatable bonds is 8. The molecule has 5 nitrogen and oxygen atoms in total. The monoisotopic (exact) mass is 359 g/mol. The molecule has 0 aliphatic heterocycles. The SMILES string of the molecule is CN=C(NCc1ccc(F)c(COC)c1)N(C)CCOc1ccccc1. The Morgan fingerprint density at radius 2 is 1.96 bits per heavy atom. The van der Waals surface area contributed by atoms with Crippen LogP contribution in [0.4, 0.5) is 4.39 Å². The summed E-state index contributed by atoms with van der Waals surface area (Å²) in [4.78, 5) is 6.27. The lowest BCUT2D eigenvalue weighted by molar-refractivity contribution is 0.181. The van der Waals surface area contributed by atoms with Crippen LogP contribution >= 0.6 is 0 Å². The number of hydrogen-bond donors (Lipinski definition) is 1. The average molecular weight is 359 g/mol. The van der Waals surface area contributed by atoms with E-state index in [1.165, 1.54) is 6.07 Å². The van der Waals surface area contributed by atoms with E-state index in [0.29, 0.717) is 25.3 Å². The van der Waals surface area contributed by atoms with Gasteiger partial charge in [-0.05, 0) is 29.8 Å². The van der Waals surface area contributed by atoms with E-state index in [4.69, 9.17) is 9.47 Å². The van der Waals surface area contributed by atoms with Crippen LogP contribution in [0.3, 0.4) is 0 Å². The summed E-state index contributed by atoms with van der Waals surface area (Å²) in [6.45, 7) is 2.04. The van der Waals surface area contributed by atoms with Crippen LogP contribution in [0.25, 0.3) is 0 Å². The molecule has 0 unspecified atom stereocenters. The summed E-state index contributed by atoms with van der Waals surface area (Å²) in [7, 11) is 5.24. The molecule has 2 aromatic rings. The number of guanidine groups is 1. The molecule has 0 amide bonds. The molecule has 0 aromatic heterocycles. The first-order valence-electron chi connectivity index (χ1n) is 8.50. The van der Waals surface area contributed by atoms with Crippen LogP contribution in [0.5, 0.6) is 5.75 Å². The largest absolute Gasteiger partial charge is 0.492 e.